The molecule has 5 amide bonds. The van der Waals surface area contributed by atoms with Gasteiger partial charge in [0.25, 0.3) is 0 Å². The van der Waals surface area contributed by atoms with Crippen molar-refractivity contribution < 1.29 is 116 Å². The highest BCUT2D eigenvalue weighted by Crippen LogP contribution is 2.67. The summed E-state index contributed by atoms with van der Waals surface area (Å²) in [5.41, 5.74) is 2.07. The van der Waals surface area contributed by atoms with Crippen LogP contribution < -0.4 is 16.0 Å². The van der Waals surface area contributed by atoms with Gasteiger partial charge in [-0.2, -0.15) is 0 Å². The van der Waals surface area contributed by atoms with Gasteiger partial charge in [-0.3, -0.25) is 24.0 Å². The first-order valence-corrected chi connectivity index (χ1v) is 46.9. The summed E-state index contributed by atoms with van der Waals surface area (Å²) in [7, 11) is -1.52. The van der Waals surface area contributed by atoms with Gasteiger partial charge in [0.2, 0.25) is 23.6 Å². The van der Waals surface area contributed by atoms with Crippen LogP contribution in [0.15, 0.2) is 11.6 Å². The third-order valence-electron chi connectivity index (χ3n) is 26.6. The molecule has 0 radical (unpaired) electrons. The number of hydrogen-bond donors (Lipinski definition) is 11. The van der Waals surface area contributed by atoms with Crippen LogP contribution in [0.5, 0.6) is 0 Å². The first-order valence-electron chi connectivity index (χ1n) is 43.2. The summed E-state index contributed by atoms with van der Waals surface area (Å²) in [4.78, 5) is 94.1. The normalized spacial score (nSPS) is 33.3. The summed E-state index contributed by atoms with van der Waals surface area (Å²) in [6.45, 7) is 12.1. The monoisotopic (exact) mass is 1670 g/mol. The maximum atomic E-state index is 13.9. The molecule has 4 aliphatic carbocycles. The molecule has 8 rings (SSSR count). The van der Waals surface area contributed by atoms with E-state index in [9.17, 15) is 74.0 Å². The predicted octanol–water partition coefficient (Wildman–Crippen LogP) is 9.39. The summed E-state index contributed by atoms with van der Waals surface area (Å²) in [5.74, 6) is 2.42. The quantitative estimate of drug-likeness (QED) is 0.0153. The number of nitrogens with one attached hydrogen (secondary N) is 3. The van der Waals surface area contributed by atoms with Gasteiger partial charge in [0.1, 0.15) is 43.2 Å². The fraction of sp³-hybridized carbons (Fsp3) is 0.902. The number of alkyl carbamates (subject to hydrolysis) is 1. The summed E-state index contributed by atoms with van der Waals surface area (Å²) in [5, 5.41) is 79.6. The van der Waals surface area contributed by atoms with Crippen LogP contribution >= 0.6 is 15.0 Å². The third-order valence-corrected chi connectivity index (χ3v) is 29.1. The van der Waals surface area contributed by atoms with E-state index >= 15 is 0 Å². The average Bonchev–Trinajstić information content (AvgIpc) is 1.47. The van der Waals surface area contributed by atoms with Crippen molar-refractivity contribution in [2.45, 2.75) is 340 Å². The standard InChI is InChI=1S/C82H141N5O24P2S/c1-52(2)23-22-24-53(3)63-33-34-64-62-32-31-56-43-60(35-37-81(56,6)65(62)36-38-82(63,64)7)108-80(100)84-40-18-11-14-30-73(95)87-47-61(45-58(87)51-107-113(102,114)103-8)111-112(101)106-50-57-44-59(90)46-86(57)72(94)29-13-10-9-12-26-67(91)66(85-71(93)28-17-21-42-105-79-55(5)75(97)77(99)69(49-89)110-79)25-15-19-39-83-70(92)27-16-20-41-104-78-54(4)74(96)76(98)68(48-88)109-78/h31,52-55,57-66,68-69,74-79,88-90,96-99H,9-30,32-51H2,1-8H3,(H3-,83,84,85,92,93,100,102,114)/p+1/t53-,54?,55?,57+,58+,59-,60+,61-,62?,63-,64?,65?,66+,68?,69?,74?,75?,76?,77?,78?,79?,81+,82-,113?/m1/s1. The molecule has 29 nitrogen and oxygen atoms in total. The third kappa shape index (κ3) is 27.9. The van der Waals surface area contributed by atoms with Crippen molar-refractivity contribution in [2.75, 3.05) is 72.9 Å². The Morgan fingerprint density at radius 3 is 1.87 bits per heavy atom. The van der Waals surface area contributed by atoms with E-state index in [1.165, 1.54) is 62.5 Å². The second-order valence-electron chi connectivity index (χ2n) is 35.1. The number of allylic oxidation sites excluding steroid dienone is 1. The molecule has 654 valence electrons. The molecule has 114 heavy (non-hydrogen) atoms. The second-order valence-corrected chi connectivity index (χ2v) is 39.0. The molecule has 4 saturated heterocycles. The Morgan fingerprint density at radius 2 is 1.24 bits per heavy atom. The summed E-state index contributed by atoms with van der Waals surface area (Å²) in [6.07, 6.45) is 13.7. The van der Waals surface area contributed by atoms with Gasteiger partial charge < -0.3 is 99.1 Å². The lowest BCUT2D eigenvalue weighted by Gasteiger charge is -2.58. The van der Waals surface area contributed by atoms with Crippen molar-refractivity contribution in [1.82, 2.24) is 25.8 Å². The molecule has 0 aromatic rings. The SMILES string of the molecule is COP(O)(=S)OC[C@@H]1C[C@@H](O[P+](=O)OC[C@@H]2C[C@@H](O)CN2C(=O)CCCCCCC(=O)[C@H](CCCCNC(=O)CCCCOC2OC(CO)C(O)C(O)C2C)NC(=O)CCCCOC2OC(CO)C(O)C(O)C2C)CN1C(=O)CCCCCNC(=O)O[C@H]1CC[C@@]2(C)C(=CCC3C2CC[C@@]2(C)C3CC[C@@H]2[C@H](C)CCCC(C)C)C1. The Kier molecular flexibility index (Phi) is 39.8. The van der Waals surface area contributed by atoms with E-state index in [0.717, 1.165) is 55.3 Å². The number of hydrogen-bond acceptors (Lipinski definition) is 24. The van der Waals surface area contributed by atoms with E-state index in [2.05, 4.69) is 56.6 Å². The Balaban J connectivity index is 0.708. The second kappa shape index (κ2) is 47.2. The minimum absolute atomic E-state index is 0.0607. The molecule has 3 saturated carbocycles. The number of amides is 5. The zero-order valence-corrected chi connectivity index (χ0v) is 71.9. The molecular formula is C82H142N5O24P2S+. The van der Waals surface area contributed by atoms with Gasteiger partial charge in [0.05, 0.1) is 62.8 Å². The zero-order valence-electron chi connectivity index (χ0n) is 69.3. The predicted molar refractivity (Wildman–Crippen MR) is 429 cm³/mol. The first-order chi connectivity index (χ1) is 54.4. The molecule has 25 atom stereocenters. The van der Waals surface area contributed by atoms with Crippen molar-refractivity contribution in [2.24, 2.45) is 58.2 Å². The number of aliphatic hydroxyl groups excluding tert-OH is 7. The van der Waals surface area contributed by atoms with Crippen molar-refractivity contribution in [3.8, 4) is 0 Å². The number of aliphatic hydroxyl groups is 7. The van der Waals surface area contributed by atoms with Crippen LogP contribution in [0.4, 0.5) is 4.79 Å². The lowest BCUT2D eigenvalue weighted by atomic mass is 9.47. The Hall–Kier alpha value is -3.33. The van der Waals surface area contributed by atoms with Crippen LogP contribution in [0.25, 0.3) is 0 Å². The summed E-state index contributed by atoms with van der Waals surface area (Å²) >= 11 is 5.09. The smallest absolute Gasteiger partial charge is 0.446 e. The van der Waals surface area contributed by atoms with Crippen molar-refractivity contribution in [1.29, 1.82) is 0 Å². The van der Waals surface area contributed by atoms with E-state index in [1.807, 2.05) is 0 Å². The molecule has 0 bridgehead atoms. The maximum absolute atomic E-state index is 13.9. The van der Waals surface area contributed by atoms with Gasteiger partial charge in [-0.05, 0) is 180 Å². The number of nitrogens with zero attached hydrogens (tertiary/aromatic N) is 2. The molecular weight excluding hydrogens is 1530 g/mol. The molecule has 0 spiro atoms. The highest BCUT2D eigenvalue weighted by atomic mass is 32.5. The number of fused-ring (bicyclic) bond motifs is 5. The number of unbranched alkanes of at least 4 members (excludes halogenated alkanes) is 8. The highest BCUT2D eigenvalue weighted by Gasteiger charge is 2.60. The highest BCUT2D eigenvalue weighted by molar-refractivity contribution is 8.07. The van der Waals surface area contributed by atoms with Gasteiger partial charge >= 0.3 is 21.1 Å². The van der Waals surface area contributed by atoms with E-state index < -0.39 is 126 Å². The Morgan fingerprint density at radius 1 is 0.649 bits per heavy atom. The number of carbonyl (C=O) groups is 6. The van der Waals surface area contributed by atoms with Gasteiger partial charge in [0.15, 0.2) is 18.4 Å². The number of ether oxygens (including phenoxy) is 5. The fourth-order valence-electron chi connectivity index (χ4n) is 19.8. The molecule has 15 unspecified atom stereocenters. The number of ketones is 1. The molecule has 0 aromatic carbocycles. The van der Waals surface area contributed by atoms with E-state index in [0.29, 0.717) is 114 Å². The van der Waals surface area contributed by atoms with Crippen LogP contribution in [0.3, 0.4) is 0 Å². The number of rotatable bonds is 49. The van der Waals surface area contributed by atoms with Crippen LogP contribution in [0.2, 0.25) is 0 Å². The summed E-state index contributed by atoms with van der Waals surface area (Å²) in [6, 6.07) is -1.97. The van der Waals surface area contributed by atoms with E-state index in [-0.39, 0.29) is 125 Å². The topological polar surface area (TPSA) is 407 Å². The van der Waals surface area contributed by atoms with E-state index in [1.54, 1.807) is 18.7 Å². The summed E-state index contributed by atoms with van der Waals surface area (Å²) < 4.78 is 64.5. The largest absolute Gasteiger partial charge is 0.697 e. The molecule has 32 heteroatoms. The van der Waals surface area contributed by atoms with Crippen LogP contribution in [-0.4, -0.2) is 245 Å². The van der Waals surface area contributed by atoms with Gasteiger partial charge in [0, 0.05) is 101 Å². The van der Waals surface area contributed by atoms with Crippen molar-refractivity contribution in [3.05, 3.63) is 11.6 Å². The zero-order chi connectivity index (χ0) is 82.9. The number of β-amino-alcohol motifs (C(OH)–C–C–N with tert-alkyl or cyclic N) is 1. The van der Waals surface area contributed by atoms with Gasteiger partial charge in [-0.25, -0.2) is 4.79 Å². The maximum Gasteiger partial charge on any atom is 0.697 e. The van der Waals surface area contributed by atoms with Crippen molar-refractivity contribution in [3.63, 3.8) is 0 Å². The van der Waals surface area contributed by atoms with Crippen molar-refractivity contribution >= 4 is 62.3 Å². The molecule has 4 heterocycles. The van der Waals surface area contributed by atoms with Crippen LogP contribution in [0, 0.1) is 58.2 Å². The molecule has 8 aliphatic rings. The van der Waals surface area contributed by atoms with Gasteiger partial charge in [-0.15, -0.1) is 9.05 Å². The number of Topliss-reactive ketones (excluding diaryl/α,β-unsaturated/α-hetero) is 1. The Labute approximate surface area is 682 Å². The van der Waals surface area contributed by atoms with Gasteiger partial charge in [-0.1, -0.05) is 98.6 Å². The lowest BCUT2D eigenvalue weighted by Crippen LogP contribution is -2.55. The first kappa shape index (κ1) is 96.1. The van der Waals surface area contributed by atoms with Crippen LogP contribution in [-0.2, 0) is 82.1 Å². The molecule has 7 fully saturated rings. The van der Waals surface area contributed by atoms with E-state index in [4.69, 9.17) is 53.6 Å². The lowest BCUT2D eigenvalue weighted by molar-refractivity contribution is -0.282. The molecule has 4 aliphatic heterocycles. The minimum Gasteiger partial charge on any atom is -0.446 e. The Bertz CT molecular complexity index is 3110. The molecule has 11 N–H and O–H groups in total. The molecule has 0 aromatic heterocycles. The minimum atomic E-state index is -3.60. The number of likely N-dealkylation sites (tertiary alicyclic amines) is 2. The average molecular weight is 1680 g/mol. The fourth-order valence-corrected chi connectivity index (χ4v) is 21.2. The number of carbonyl (C=O) groups excluding carboxylic acids is 6. The van der Waals surface area contributed by atoms with Crippen LogP contribution in [0.1, 0.15) is 254 Å².